The summed E-state index contributed by atoms with van der Waals surface area (Å²) in [6.07, 6.45) is 1.27. The molecule has 0 bridgehead atoms. The normalized spacial score (nSPS) is 10.6. The molecule has 0 radical (unpaired) electrons. The molecule has 1 aromatic heterocycles. The van der Waals surface area contributed by atoms with E-state index in [4.69, 9.17) is 0 Å². The molecule has 0 unspecified atom stereocenters. The van der Waals surface area contributed by atoms with Crippen LogP contribution in [0.1, 0.15) is 26.6 Å². The van der Waals surface area contributed by atoms with Crippen LogP contribution in [0.3, 0.4) is 0 Å². The van der Waals surface area contributed by atoms with Crippen molar-refractivity contribution in [1.82, 2.24) is 10.3 Å². The van der Waals surface area contributed by atoms with Crippen LogP contribution >= 0.6 is 11.3 Å². The van der Waals surface area contributed by atoms with Crippen molar-refractivity contribution in [2.24, 2.45) is 0 Å². The van der Waals surface area contributed by atoms with Gasteiger partial charge in [-0.2, -0.15) is 0 Å². The highest BCUT2D eigenvalue weighted by molar-refractivity contribution is 7.09. The van der Waals surface area contributed by atoms with Crippen LogP contribution in [0.2, 0.25) is 0 Å². The maximum absolute atomic E-state index is 12.4. The molecule has 0 aliphatic carbocycles. The molecule has 2 rings (SSSR count). The minimum Gasteiger partial charge on any atom is -0.319 e. The molecule has 0 spiro atoms. The fraction of sp³-hybridized carbons (Fsp3) is 0.333. The van der Waals surface area contributed by atoms with Crippen LogP contribution in [0.25, 0.3) is 0 Å². The topological polar surface area (TPSA) is 42.0 Å². The van der Waals surface area contributed by atoms with Gasteiger partial charge in [-0.3, -0.25) is 4.79 Å². The number of carbonyl (C=O) groups is 1. The van der Waals surface area contributed by atoms with E-state index in [-0.39, 0.29) is 5.78 Å². The van der Waals surface area contributed by atoms with Gasteiger partial charge in [0.1, 0.15) is 5.01 Å². The molecule has 0 atom stereocenters. The number of Topliss-reactive ketones (excluding diaryl/α,β-unsaturated/α-hetero) is 1. The molecule has 0 fully saturated rings. The zero-order chi connectivity index (χ0) is 13.7. The van der Waals surface area contributed by atoms with Gasteiger partial charge in [-0.05, 0) is 32.5 Å². The fourth-order valence-corrected chi connectivity index (χ4v) is 2.76. The number of rotatable bonds is 6. The van der Waals surface area contributed by atoms with Gasteiger partial charge >= 0.3 is 0 Å². The highest BCUT2D eigenvalue weighted by Gasteiger charge is 2.13. The van der Waals surface area contributed by atoms with Crippen molar-refractivity contribution in [2.45, 2.75) is 19.8 Å². The van der Waals surface area contributed by atoms with Gasteiger partial charge in [0.05, 0.1) is 6.42 Å². The molecule has 1 heterocycles. The second kappa shape index (κ2) is 6.59. The lowest BCUT2D eigenvalue weighted by molar-refractivity contribution is 0.0992. The molecule has 19 heavy (non-hydrogen) atoms. The highest BCUT2D eigenvalue weighted by atomic mass is 32.1. The number of benzene rings is 1. The van der Waals surface area contributed by atoms with Crippen molar-refractivity contribution < 1.29 is 4.79 Å². The van der Waals surface area contributed by atoms with Crippen LogP contribution in [0, 0.1) is 6.92 Å². The second-order valence-corrected chi connectivity index (χ2v) is 5.44. The van der Waals surface area contributed by atoms with Crippen LogP contribution in [0.15, 0.2) is 29.6 Å². The van der Waals surface area contributed by atoms with Crippen molar-refractivity contribution in [3.05, 3.63) is 51.5 Å². The van der Waals surface area contributed by atoms with E-state index in [1.807, 2.05) is 43.6 Å². The van der Waals surface area contributed by atoms with Gasteiger partial charge in [0.2, 0.25) is 0 Å². The number of nitrogens with one attached hydrogen (secondary N) is 1. The number of aromatic nitrogens is 1. The number of carbonyl (C=O) groups excluding carboxylic acids is 1. The van der Waals surface area contributed by atoms with E-state index in [2.05, 4.69) is 10.3 Å². The van der Waals surface area contributed by atoms with Crippen molar-refractivity contribution in [1.29, 1.82) is 0 Å². The average Bonchev–Trinajstić information content (AvgIpc) is 2.82. The van der Waals surface area contributed by atoms with Crippen molar-refractivity contribution in [2.75, 3.05) is 13.6 Å². The Morgan fingerprint density at radius 2 is 2.16 bits per heavy atom. The Hall–Kier alpha value is -1.52. The minimum absolute atomic E-state index is 0.154. The first kappa shape index (κ1) is 13.9. The molecule has 1 aromatic carbocycles. The summed E-state index contributed by atoms with van der Waals surface area (Å²) in [6, 6.07) is 7.84. The van der Waals surface area contributed by atoms with Crippen LogP contribution in [0.4, 0.5) is 0 Å². The molecule has 0 saturated heterocycles. The summed E-state index contributed by atoms with van der Waals surface area (Å²) in [7, 11) is 1.92. The van der Waals surface area contributed by atoms with Crippen molar-refractivity contribution >= 4 is 17.1 Å². The average molecular weight is 274 g/mol. The van der Waals surface area contributed by atoms with Gasteiger partial charge in [-0.25, -0.2) is 4.98 Å². The Labute approximate surface area is 117 Å². The molecule has 2 aromatic rings. The first-order valence-electron chi connectivity index (χ1n) is 6.37. The van der Waals surface area contributed by atoms with Gasteiger partial charge < -0.3 is 5.32 Å². The maximum atomic E-state index is 12.4. The monoisotopic (exact) mass is 274 g/mol. The van der Waals surface area contributed by atoms with Crippen molar-refractivity contribution in [3.8, 4) is 0 Å². The molecule has 0 aliphatic rings. The summed E-state index contributed by atoms with van der Waals surface area (Å²) in [4.78, 5) is 16.7. The second-order valence-electron chi connectivity index (χ2n) is 4.49. The summed E-state index contributed by atoms with van der Waals surface area (Å²) in [5.41, 5.74) is 2.91. The summed E-state index contributed by atoms with van der Waals surface area (Å²) in [6.45, 7) is 2.83. The number of ketones is 1. The Morgan fingerprint density at radius 3 is 2.84 bits per heavy atom. The van der Waals surface area contributed by atoms with Crippen LogP contribution < -0.4 is 5.32 Å². The third-order valence-corrected chi connectivity index (χ3v) is 3.91. The van der Waals surface area contributed by atoms with Gasteiger partial charge in [0.15, 0.2) is 5.78 Å². The number of likely N-dealkylation sites (N-methyl/N-ethyl adjacent to an activating group) is 1. The first-order valence-corrected chi connectivity index (χ1v) is 7.25. The SMILES string of the molecule is CNCCc1ccccc1C(=O)Cc1nc(C)cs1. The van der Waals surface area contributed by atoms with Gasteiger partial charge in [-0.15, -0.1) is 11.3 Å². The Kier molecular flexibility index (Phi) is 4.82. The van der Waals surface area contributed by atoms with Crippen LogP contribution in [0.5, 0.6) is 0 Å². The summed E-state index contributed by atoms with van der Waals surface area (Å²) < 4.78 is 0. The number of aryl methyl sites for hydroxylation is 1. The third-order valence-electron chi connectivity index (χ3n) is 2.94. The molecule has 0 aliphatic heterocycles. The molecule has 100 valence electrons. The quantitative estimate of drug-likeness (QED) is 0.823. The minimum atomic E-state index is 0.154. The highest BCUT2D eigenvalue weighted by Crippen LogP contribution is 2.15. The molecule has 0 amide bonds. The lowest BCUT2D eigenvalue weighted by atomic mass is 9.99. The lowest BCUT2D eigenvalue weighted by Crippen LogP contribution is -2.14. The van der Waals surface area contributed by atoms with E-state index >= 15 is 0 Å². The van der Waals surface area contributed by atoms with E-state index in [1.54, 1.807) is 11.3 Å². The molecular formula is C15H18N2OS. The van der Waals surface area contributed by atoms with E-state index in [1.165, 1.54) is 0 Å². The molecule has 4 heteroatoms. The number of nitrogens with zero attached hydrogens (tertiary/aromatic N) is 1. The molecule has 1 N–H and O–H groups in total. The first-order chi connectivity index (χ1) is 9.20. The van der Waals surface area contributed by atoms with Crippen LogP contribution in [-0.4, -0.2) is 24.4 Å². The Morgan fingerprint density at radius 1 is 1.37 bits per heavy atom. The van der Waals surface area contributed by atoms with E-state index in [0.29, 0.717) is 6.42 Å². The van der Waals surface area contributed by atoms with Crippen molar-refractivity contribution in [3.63, 3.8) is 0 Å². The number of hydrogen-bond acceptors (Lipinski definition) is 4. The standard InChI is InChI=1S/C15H18N2OS/c1-11-10-19-15(17-11)9-14(18)13-6-4-3-5-12(13)7-8-16-2/h3-6,10,16H,7-9H2,1-2H3. The third kappa shape index (κ3) is 3.72. The predicted octanol–water partition coefficient (Wildman–Crippen LogP) is 2.64. The van der Waals surface area contributed by atoms with E-state index in [9.17, 15) is 4.79 Å². The Balaban J connectivity index is 2.14. The Bertz CT molecular complexity index is 563. The van der Waals surface area contributed by atoms with E-state index < -0.39 is 0 Å². The van der Waals surface area contributed by atoms with Gasteiger partial charge in [0, 0.05) is 16.6 Å². The smallest absolute Gasteiger partial charge is 0.169 e. The number of hydrogen-bond donors (Lipinski definition) is 1. The summed E-state index contributed by atoms with van der Waals surface area (Å²) in [5, 5.41) is 5.99. The largest absolute Gasteiger partial charge is 0.319 e. The molecule has 3 nitrogen and oxygen atoms in total. The maximum Gasteiger partial charge on any atom is 0.169 e. The van der Waals surface area contributed by atoms with Crippen LogP contribution in [-0.2, 0) is 12.8 Å². The predicted molar refractivity (Wildman–Crippen MR) is 79.0 cm³/mol. The summed E-state index contributed by atoms with van der Waals surface area (Å²) in [5.74, 6) is 0.154. The van der Waals surface area contributed by atoms with Gasteiger partial charge in [-0.1, -0.05) is 24.3 Å². The zero-order valence-electron chi connectivity index (χ0n) is 11.3. The van der Waals surface area contributed by atoms with Gasteiger partial charge in [0.25, 0.3) is 0 Å². The molecule has 0 saturated carbocycles. The zero-order valence-corrected chi connectivity index (χ0v) is 12.1. The summed E-state index contributed by atoms with van der Waals surface area (Å²) >= 11 is 1.55. The lowest BCUT2D eigenvalue weighted by Gasteiger charge is -2.07. The fourth-order valence-electron chi connectivity index (χ4n) is 1.99. The number of thiazole rings is 1. The molecular weight excluding hydrogens is 256 g/mol. The van der Waals surface area contributed by atoms with E-state index in [0.717, 1.165) is 34.8 Å².